The number of carboxylic acids is 1. The quantitative estimate of drug-likeness (QED) is 0.240. The van der Waals surface area contributed by atoms with Crippen LogP contribution in [0.25, 0.3) is 0 Å². The van der Waals surface area contributed by atoms with Gasteiger partial charge in [0.25, 0.3) is 0 Å². The summed E-state index contributed by atoms with van der Waals surface area (Å²) in [6.45, 7) is 2.21. The van der Waals surface area contributed by atoms with E-state index >= 15 is 0 Å². The molecule has 0 aliphatic carbocycles. The first-order valence-electron chi connectivity index (χ1n) is 9.34. The van der Waals surface area contributed by atoms with Gasteiger partial charge in [-0.25, -0.2) is 4.79 Å². The van der Waals surface area contributed by atoms with Gasteiger partial charge in [-0.05, 0) is 19.3 Å². The normalized spacial score (nSPS) is 12.9. The highest BCUT2D eigenvalue weighted by molar-refractivity contribution is 5.82. The highest BCUT2D eigenvalue weighted by Gasteiger charge is 2.13. The molecule has 1 atom stereocenters. The predicted octanol–water partition coefficient (Wildman–Crippen LogP) is 4.81. The van der Waals surface area contributed by atoms with Crippen LogP contribution in [0.4, 0.5) is 0 Å². The maximum Gasteiger partial charge on any atom is 0.328 e. The Morgan fingerprint density at radius 1 is 0.917 bits per heavy atom. The zero-order chi connectivity index (χ0) is 18.0. The van der Waals surface area contributed by atoms with Crippen LogP contribution in [0.2, 0.25) is 0 Å². The summed E-state index contributed by atoms with van der Waals surface area (Å²) in [7, 11) is 0. The Morgan fingerprint density at radius 2 is 1.54 bits per heavy atom. The Kier molecular flexibility index (Phi) is 15.5. The molecule has 1 unspecified atom stereocenters. The smallest absolute Gasteiger partial charge is 0.328 e. The Hall–Kier alpha value is -1.42. The van der Waals surface area contributed by atoms with Gasteiger partial charge in [-0.3, -0.25) is 4.79 Å². The number of carboxylic acid groups (broad SMARTS) is 1. The van der Waals surface area contributed by atoms with Crippen LogP contribution in [0.5, 0.6) is 0 Å². The molecule has 0 spiro atoms. The number of Topliss-reactive ketones (excluding diaryl/α,β-unsaturated/α-hetero) is 1. The first-order chi connectivity index (χ1) is 11.6. The highest BCUT2D eigenvalue weighted by Crippen LogP contribution is 2.12. The monoisotopic (exact) mass is 338 g/mol. The molecule has 0 amide bonds. The number of aliphatic hydroxyl groups is 1. The summed E-state index contributed by atoms with van der Waals surface area (Å²) in [5.41, 5.74) is 0. The average Bonchev–Trinajstić information content (AvgIpc) is 2.55. The maximum absolute atomic E-state index is 11.8. The number of carbonyl (C=O) groups is 2. The molecule has 24 heavy (non-hydrogen) atoms. The van der Waals surface area contributed by atoms with Crippen LogP contribution in [-0.4, -0.2) is 28.1 Å². The summed E-state index contributed by atoms with van der Waals surface area (Å²) in [4.78, 5) is 22.0. The maximum atomic E-state index is 11.8. The van der Waals surface area contributed by atoms with E-state index in [1.165, 1.54) is 44.6 Å². The second kappa shape index (κ2) is 16.4. The first-order valence-corrected chi connectivity index (χ1v) is 9.34. The molecule has 0 aromatic carbocycles. The standard InChI is InChI=1S/C20H34O4/c1-2-3-4-5-6-7-9-12-15-18(21)19(22)16-13-10-8-11-14-17-20(23)24/h8,11,14,17-18,21H,2-7,9-10,12-13,15-16H2,1H3,(H,23,24). The molecule has 4 heteroatoms. The Balaban J connectivity index is 3.54. The number of hydrogen-bond acceptors (Lipinski definition) is 3. The van der Waals surface area contributed by atoms with Crippen molar-refractivity contribution in [2.24, 2.45) is 0 Å². The fourth-order valence-corrected chi connectivity index (χ4v) is 2.51. The third kappa shape index (κ3) is 15.5. The molecule has 0 rings (SSSR count). The molecular formula is C20H34O4. The summed E-state index contributed by atoms with van der Waals surface area (Å²) in [6.07, 6.45) is 17.2. The second-order valence-corrected chi connectivity index (χ2v) is 6.26. The van der Waals surface area contributed by atoms with Crippen molar-refractivity contribution in [1.29, 1.82) is 0 Å². The molecule has 0 fully saturated rings. The van der Waals surface area contributed by atoms with E-state index in [4.69, 9.17) is 5.11 Å². The number of hydrogen-bond donors (Lipinski definition) is 2. The van der Waals surface area contributed by atoms with Crippen LogP contribution < -0.4 is 0 Å². The van der Waals surface area contributed by atoms with Gasteiger partial charge in [0.15, 0.2) is 5.78 Å². The fraction of sp³-hybridized carbons (Fsp3) is 0.700. The average molecular weight is 338 g/mol. The van der Waals surface area contributed by atoms with E-state index in [0.29, 0.717) is 25.7 Å². The molecule has 138 valence electrons. The van der Waals surface area contributed by atoms with E-state index in [1.807, 2.05) is 6.08 Å². The molecular weight excluding hydrogens is 304 g/mol. The number of allylic oxidation sites excluding steroid dienone is 3. The minimum absolute atomic E-state index is 0.0765. The third-order valence-electron chi connectivity index (χ3n) is 3.98. The molecule has 0 aliphatic heterocycles. The van der Waals surface area contributed by atoms with E-state index in [-0.39, 0.29) is 5.78 Å². The van der Waals surface area contributed by atoms with Gasteiger partial charge in [0.2, 0.25) is 0 Å². The van der Waals surface area contributed by atoms with Crippen molar-refractivity contribution in [3.63, 3.8) is 0 Å². The van der Waals surface area contributed by atoms with Gasteiger partial charge in [-0.2, -0.15) is 0 Å². The van der Waals surface area contributed by atoms with Gasteiger partial charge in [0.1, 0.15) is 6.10 Å². The Labute approximate surface area is 146 Å². The van der Waals surface area contributed by atoms with Crippen molar-refractivity contribution in [3.05, 3.63) is 24.3 Å². The summed E-state index contributed by atoms with van der Waals surface area (Å²) >= 11 is 0. The lowest BCUT2D eigenvalue weighted by Gasteiger charge is -2.09. The Morgan fingerprint density at radius 3 is 2.17 bits per heavy atom. The van der Waals surface area contributed by atoms with Crippen molar-refractivity contribution < 1.29 is 19.8 Å². The molecule has 4 nitrogen and oxygen atoms in total. The summed E-state index contributed by atoms with van der Waals surface area (Å²) in [5, 5.41) is 18.3. The van der Waals surface area contributed by atoms with E-state index < -0.39 is 12.1 Å². The van der Waals surface area contributed by atoms with Crippen LogP contribution in [0, 0.1) is 0 Å². The number of aliphatic carboxylic acids is 1. The van der Waals surface area contributed by atoms with Gasteiger partial charge < -0.3 is 10.2 Å². The molecule has 0 bridgehead atoms. The number of carbonyl (C=O) groups excluding carboxylic acids is 1. The van der Waals surface area contributed by atoms with Crippen LogP contribution >= 0.6 is 0 Å². The molecule has 0 heterocycles. The first kappa shape index (κ1) is 22.6. The summed E-state index contributed by atoms with van der Waals surface area (Å²) < 4.78 is 0. The zero-order valence-corrected chi connectivity index (χ0v) is 15.1. The van der Waals surface area contributed by atoms with Gasteiger partial charge in [-0.15, -0.1) is 0 Å². The van der Waals surface area contributed by atoms with Gasteiger partial charge >= 0.3 is 5.97 Å². The third-order valence-corrected chi connectivity index (χ3v) is 3.98. The van der Waals surface area contributed by atoms with E-state index in [2.05, 4.69) is 6.92 Å². The van der Waals surface area contributed by atoms with E-state index in [0.717, 1.165) is 18.9 Å². The molecule has 0 saturated carbocycles. The van der Waals surface area contributed by atoms with Crippen molar-refractivity contribution >= 4 is 11.8 Å². The van der Waals surface area contributed by atoms with Gasteiger partial charge in [0, 0.05) is 12.5 Å². The predicted molar refractivity (Wildman–Crippen MR) is 98.0 cm³/mol. The van der Waals surface area contributed by atoms with Gasteiger partial charge in [-0.1, -0.05) is 76.5 Å². The van der Waals surface area contributed by atoms with E-state index in [9.17, 15) is 14.7 Å². The zero-order valence-electron chi connectivity index (χ0n) is 15.1. The lowest BCUT2D eigenvalue weighted by molar-refractivity contribution is -0.131. The molecule has 2 N–H and O–H groups in total. The topological polar surface area (TPSA) is 74.6 Å². The summed E-state index contributed by atoms with van der Waals surface area (Å²) in [5.74, 6) is -1.05. The lowest BCUT2D eigenvalue weighted by atomic mass is 10.0. The van der Waals surface area contributed by atoms with Crippen molar-refractivity contribution in [1.82, 2.24) is 0 Å². The van der Waals surface area contributed by atoms with Crippen molar-refractivity contribution in [3.8, 4) is 0 Å². The van der Waals surface area contributed by atoms with Crippen LogP contribution in [-0.2, 0) is 9.59 Å². The minimum Gasteiger partial charge on any atom is -0.478 e. The number of rotatable bonds is 16. The lowest BCUT2D eigenvalue weighted by Crippen LogP contribution is -2.19. The molecule has 0 aromatic heterocycles. The largest absolute Gasteiger partial charge is 0.478 e. The SMILES string of the molecule is CCCCCCCCCCC(O)C(=O)CCCC=CC=CC(=O)O. The van der Waals surface area contributed by atoms with Crippen molar-refractivity contribution in [2.75, 3.05) is 0 Å². The van der Waals surface area contributed by atoms with Crippen LogP contribution in [0.3, 0.4) is 0 Å². The van der Waals surface area contributed by atoms with Crippen LogP contribution in [0.1, 0.15) is 84.0 Å². The number of aliphatic hydroxyl groups excluding tert-OH is 1. The highest BCUT2D eigenvalue weighted by atomic mass is 16.4. The van der Waals surface area contributed by atoms with Crippen LogP contribution in [0.15, 0.2) is 24.3 Å². The molecule has 0 aromatic rings. The van der Waals surface area contributed by atoms with Crippen molar-refractivity contribution in [2.45, 2.75) is 90.1 Å². The molecule has 0 aliphatic rings. The number of ketones is 1. The van der Waals surface area contributed by atoms with E-state index in [1.54, 1.807) is 6.08 Å². The van der Waals surface area contributed by atoms with Gasteiger partial charge in [0.05, 0.1) is 0 Å². The molecule has 0 radical (unpaired) electrons. The second-order valence-electron chi connectivity index (χ2n) is 6.26. The minimum atomic E-state index is -0.973. The molecule has 0 saturated heterocycles. The fourth-order valence-electron chi connectivity index (χ4n) is 2.51. The Bertz CT molecular complexity index is 385. The number of unbranched alkanes of at least 4 members (excludes halogenated alkanes) is 8. The summed E-state index contributed by atoms with van der Waals surface area (Å²) in [6, 6.07) is 0.